The summed E-state index contributed by atoms with van der Waals surface area (Å²) in [7, 11) is -0.928. The van der Waals surface area contributed by atoms with E-state index in [0.717, 1.165) is 9.21 Å². The van der Waals surface area contributed by atoms with Gasteiger partial charge in [0.25, 0.3) is 17.7 Å². The zero-order valence-corrected chi connectivity index (χ0v) is 19.3. The maximum absolute atomic E-state index is 12.6. The Morgan fingerprint density at radius 3 is 2.09 bits per heavy atom. The van der Waals surface area contributed by atoms with Crippen molar-refractivity contribution in [3.63, 3.8) is 0 Å². The third kappa shape index (κ3) is 4.64. The van der Waals surface area contributed by atoms with Crippen LogP contribution in [0.25, 0.3) is 0 Å². The van der Waals surface area contributed by atoms with E-state index >= 15 is 0 Å². The van der Waals surface area contributed by atoms with E-state index in [1.54, 1.807) is 12.1 Å². The largest absolute Gasteiger partial charge is 0.451 e. The van der Waals surface area contributed by atoms with Gasteiger partial charge in [0, 0.05) is 19.8 Å². The highest BCUT2D eigenvalue weighted by Crippen LogP contribution is 2.25. The molecule has 0 aromatic heterocycles. The molecule has 1 heterocycles. The zero-order chi connectivity index (χ0) is 24.5. The molecule has 3 amide bonds. The number of imide groups is 1. The summed E-state index contributed by atoms with van der Waals surface area (Å²) in [6.45, 7) is 2.66. The Labute approximate surface area is 191 Å². The van der Waals surface area contributed by atoms with E-state index in [0.29, 0.717) is 0 Å². The standard InChI is InChI=1S/C22H23N3O7S/c1-13(25-20(27)17-10-5-6-11-18(17)21(25)28)22(29)32-14(2)19(26)23-15-8-7-9-16(12-15)33(30,31)24(3)4/h5-14H,1-4H3,(H,23,26)/t13-,14-/m0/s1. The Balaban J connectivity index is 1.66. The minimum atomic E-state index is -3.70. The number of hydrogen-bond acceptors (Lipinski definition) is 7. The van der Waals surface area contributed by atoms with Gasteiger partial charge in [-0.15, -0.1) is 0 Å². The average molecular weight is 474 g/mol. The van der Waals surface area contributed by atoms with Crippen LogP contribution in [0.2, 0.25) is 0 Å². The predicted octanol–water partition coefficient (Wildman–Crippen LogP) is 1.49. The molecule has 1 N–H and O–H groups in total. The van der Waals surface area contributed by atoms with Gasteiger partial charge in [-0.2, -0.15) is 0 Å². The normalized spacial score (nSPS) is 15.2. The fraction of sp³-hybridized carbons (Fsp3) is 0.273. The third-order valence-corrected chi connectivity index (χ3v) is 6.91. The van der Waals surface area contributed by atoms with Gasteiger partial charge in [-0.1, -0.05) is 18.2 Å². The van der Waals surface area contributed by atoms with Crippen LogP contribution in [-0.4, -0.2) is 67.6 Å². The molecule has 0 unspecified atom stereocenters. The second kappa shape index (κ2) is 9.12. The van der Waals surface area contributed by atoms with Crippen molar-refractivity contribution in [1.82, 2.24) is 9.21 Å². The van der Waals surface area contributed by atoms with Gasteiger partial charge >= 0.3 is 5.97 Å². The highest BCUT2D eigenvalue weighted by atomic mass is 32.2. The maximum atomic E-state index is 12.6. The number of fused-ring (bicyclic) bond motifs is 1. The molecule has 0 saturated heterocycles. The minimum Gasteiger partial charge on any atom is -0.451 e. The van der Waals surface area contributed by atoms with Gasteiger partial charge in [0.05, 0.1) is 16.0 Å². The summed E-state index contributed by atoms with van der Waals surface area (Å²) >= 11 is 0. The van der Waals surface area contributed by atoms with Crippen LogP contribution in [0.5, 0.6) is 0 Å². The molecule has 174 valence electrons. The Bertz CT molecular complexity index is 1210. The molecule has 1 aliphatic rings. The van der Waals surface area contributed by atoms with E-state index in [2.05, 4.69) is 5.32 Å². The smallest absolute Gasteiger partial charge is 0.329 e. The Kier molecular flexibility index (Phi) is 6.65. The second-order valence-corrected chi connectivity index (χ2v) is 9.74. The summed E-state index contributed by atoms with van der Waals surface area (Å²) in [5.74, 6) is -2.87. The van der Waals surface area contributed by atoms with Crippen LogP contribution >= 0.6 is 0 Å². The van der Waals surface area contributed by atoms with Crippen molar-refractivity contribution in [3.8, 4) is 0 Å². The first-order valence-electron chi connectivity index (χ1n) is 9.96. The van der Waals surface area contributed by atoms with E-state index in [1.807, 2.05) is 0 Å². The number of carbonyl (C=O) groups is 4. The van der Waals surface area contributed by atoms with Crippen molar-refractivity contribution in [2.24, 2.45) is 0 Å². The van der Waals surface area contributed by atoms with Gasteiger partial charge in [-0.3, -0.25) is 19.3 Å². The van der Waals surface area contributed by atoms with Crippen LogP contribution < -0.4 is 5.32 Å². The number of sulfonamides is 1. The highest BCUT2D eigenvalue weighted by Gasteiger charge is 2.41. The van der Waals surface area contributed by atoms with E-state index < -0.39 is 45.9 Å². The first-order valence-corrected chi connectivity index (χ1v) is 11.4. The van der Waals surface area contributed by atoms with Crippen molar-refractivity contribution in [2.45, 2.75) is 30.9 Å². The number of esters is 1. The van der Waals surface area contributed by atoms with Crippen molar-refractivity contribution >= 4 is 39.4 Å². The molecule has 0 fully saturated rings. The average Bonchev–Trinajstić information content (AvgIpc) is 3.03. The first kappa shape index (κ1) is 24.1. The lowest BCUT2D eigenvalue weighted by molar-refractivity contribution is -0.156. The SMILES string of the molecule is C[C@H](OC(=O)[C@H](C)N1C(=O)c2ccccc2C1=O)C(=O)Nc1cccc(S(=O)(=O)N(C)C)c1. The molecular weight excluding hydrogens is 450 g/mol. The minimum absolute atomic E-state index is 0.0193. The fourth-order valence-electron chi connectivity index (χ4n) is 3.18. The number of benzene rings is 2. The van der Waals surface area contributed by atoms with E-state index in [1.165, 1.54) is 64.3 Å². The van der Waals surface area contributed by atoms with Crippen LogP contribution in [0.1, 0.15) is 34.6 Å². The molecule has 0 bridgehead atoms. The van der Waals surface area contributed by atoms with Crippen LogP contribution in [0.15, 0.2) is 53.4 Å². The lowest BCUT2D eigenvalue weighted by Gasteiger charge is -2.22. The second-order valence-electron chi connectivity index (χ2n) is 7.59. The van der Waals surface area contributed by atoms with Crippen LogP contribution in [0.4, 0.5) is 5.69 Å². The Morgan fingerprint density at radius 2 is 1.55 bits per heavy atom. The number of ether oxygens (including phenoxy) is 1. The molecule has 2 aromatic carbocycles. The lowest BCUT2D eigenvalue weighted by atomic mass is 10.1. The Morgan fingerprint density at radius 1 is 0.970 bits per heavy atom. The molecule has 2 atom stereocenters. The van der Waals surface area contributed by atoms with Crippen LogP contribution in [0.3, 0.4) is 0 Å². The van der Waals surface area contributed by atoms with Gasteiger partial charge in [0.15, 0.2) is 6.10 Å². The van der Waals surface area contributed by atoms with Crippen LogP contribution in [-0.2, 0) is 24.3 Å². The number of rotatable bonds is 7. The van der Waals surface area contributed by atoms with Crippen molar-refractivity contribution in [1.29, 1.82) is 0 Å². The number of nitrogens with one attached hydrogen (secondary N) is 1. The van der Waals surface area contributed by atoms with Crippen molar-refractivity contribution in [3.05, 3.63) is 59.7 Å². The van der Waals surface area contributed by atoms with Gasteiger partial charge in [-0.25, -0.2) is 17.5 Å². The Hall–Kier alpha value is -3.57. The number of amides is 3. The summed E-state index contributed by atoms with van der Waals surface area (Å²) in [6, 6.07) is 10.6. The molecule has 3 rings (SSSR count). The van der Waals surface area contributed by atoms with Crippen molar-refractivity contribution in [2.75, 3.05) is 19.4 Å². The molecule has 0 saturated carbocycles. The van der Waals surface area contributed by atoms with E-state index in [4.69, 9.17) is 4.74 Å². The number of anilines is 1. The van der Waals surface area contributed by atoms with Crippen LogP contribution in [0, 0.1) is 0 Å². The molecule has 0 radical (unpaired) electrons. The molecule has 2 aromatic rings. The topological polar surface area (TPSA) is 130 Å². The van der Waals surface area contributed by atoms with Gasteiger partial charge in [-0.05, 0) is 44.2 Å². The molecule has 0 spiro atoms. The number of carbonyl (C=O) groups excluding carboxylic acids is 4. The first-order chi connectivity index (χ1) is 15.4. The molecular formula is C22H23N3O7S. The van der Waals surface area contributed by atoms with E-state index in [9.17, 15) is 27.6 Å². The maximum Gasteiger partial charge on any atom is 0.329 e. The molecule has 33 heavy (non-hydrogen) atoms. The number of nitrogens with zero attached hydrogens (tertiary/aromatic N) is 2. The summed E-state index contributed by atoms with van der Waals surface area (Å²) < 4.78 is 30.7. The number of hydrogen-bond donors (Lipinski definition) is 1. The molecule has 1 aliphatic heterocycles. The zero-order valence-electron chi connectivity index (χ0n) is 18.4. The van der Waals surface area contributed by atoms with Crippen molar-refractivity contribution < 1.29 is 32.3 Å². The fourth-order valence-corrected chi connectivity index (χ4v) is 4.13. The summed E-state index contributed by atoms with van der Waals surface area (Å²) in [5, 5.41) is 2.49. The van der Waals surface area contributed by atoms with E-state index in [-0.39, 0.29) is 21.7 Å². The summed E-state index contributed by atoms with van der Waals surface area (Å²) in [4.78, 5) is 50.9. The molecule has 10 nitrogen and oxygen atoms in total. The monoisotopic (exact) mass is 473 g/mol. The van der Waals surface area contributed by atoms with Gasteiger partial charge < -0.3 is 10.1 Å². The third-order valence-electron chi connectivity index (χ3n) is 5.10. The summed E-state index contributed by atoms with van der Waals surface area (Å²) in [5.41, 5.74) is 0.584. The highest BCUT2D eigenvalue weighted by molar-refractivity contribution is 7.89. The predicted molar refractivity (Wildman–Crippen MR) is 118 cm³/mol. The van der Waals surface area contributed by atoms with Gasteiger partial charge in [0.1, 0.15) is 6.04 Å². The molecule has 0 aliphatic carbocycles. The quantitative estimate of drug-likeness (QED) is 0.476. The molecule has 11 heteroatoms. The van der Waals surface area contributed by atoms with Gasteiger partial charge in [0.2, 0.25) is 10.0 Å². The lowest BCUT2D eigenvalue weighted by Crippen LogP contribution is -2.45. The summed E-state index contributed by atoms with van der Waals surface area (Å²) in [6.07, 6.45) is -1.27.